The molecule has 4 nitrogen and oxygen atoms in total. The van der Waals surface area contributed by atoms with Crippen molar-refractivity contribution in [1.82, 2.24) is 0 Å². The average Bonchev–Trinajstić information content (AvgIpc) is 2.65. The van der Waals surface area contributed by atoms with Crippen molar-refractivity contribution < 1.29 is 10.0 Å². The summed E-state index contributed by atoms with van der Waals surface area (Å²) in [4.78, 5) is 11.0. The van der Waals surface area contributed by atoms with Gasteiger partial charge in [0, 0.05) is 22.3 Å². The molecule has 0 amide bonds. The molecule has 5 heteroatoms. The molecule has 1 saturated carbocycles. The molecule has 1 N–H and O–H groups in total. The van der Waals surface area contributed by atoms with Crippen molar-refractivity contribution in [3.05, 3.63) is 34.4 Å². The Hall–Kier alpha value is -1.07. The lowest BCUT2D eigenvalue weighted by atomic mass is 10.3. The average molecular weight is 239 g/mol. The van der Waals surface area contributed by atoms with E-state index in [2.05, 4.69) is 0 Å². The lowest BCUT2D eigenvalue weighted by Crippen LogP contribution is -2.14. The van der Waals surface area contributed by atoms with Crippen LogP contribution in [0.2, 0.25) is 0 Å². The van der Waals surface area contributed by atoms with Crippen molar-refractivity contribution in [2.24, 2.45) is 0 Å². The predicted molar refractivity (Wildman–Crippen MR) is 62.6 cm³/mol. The molecule has 1 aliphatic carbocycles. The molecule has 2 atom stereocenters. The van der Waals surface area contributed by atoms with Crippen molar-refractivity contribution in [1.29, 1.82) is 0 Å². The highest BCUT2D eigenvalue weighted by Gasteiger charge is 2.25. The molecule has 86 valence electrons. The number of non-ortho nitro benzene ring substituents is 1. The van der Waals surface area contributed by atoms with Crippen molar-refractivity contribution in [3.63, 3.8) is 0 Å². The van der Waals surface area contributed by atoms with Gasteiger partial charge in [-0.05, 0) is 31.4 Å². The summed E-state index contributed by atoms with van der Waals surface area (Å²) in [6, 6.07) is 6.50. The minimum atomic E-state index is -0.404. The first kappa shape index (κ1) is 11.4. The summed E-state index contributed by atoms with van der Waals surface area (Å²) >= 11 is 1.61. The maximum Gasteiger partial charge on any atom is 0.269 e. The van der Waals surface area contributed by atoms with Gasteiger partial charge < -0.3 is 5.11 Å². The minimum Gasteiger partial charge on any atom is -0.392 e. The van der Waals surface area contributed by atoms with E-state index in [-0.39, 0.29) is 17.0 Å². The van der Waals surface area contributed by atoms with Crippen molar-refractivity contribution in [2.75, 3.05) is 0 Å². The first-order chi connectivity index (χ1) is 7.66. The SMILES string of the molecule is O=[N+]([O-])c1ccc(SC2CCCC2O)cc1. The highest BCUT2D eigenvalue weighted by atomic mass is 32.2. The van der Waals surface area contributed by atoms with E-state index in [1.54, 1.807) is 23.9 Å². The van der Waals surface area contributed by atoms with Crippen LogP contribution in [-0.4, -0.2) is 21.4 Å². The van der Waals surface area contributed by atoms with E-state index in [1.165, 1.54) is 12.1 Å². The number of nitro groups is 1. The summed E-state index contributed by atoms with van der Waals surface area (Å²) in [7, 11) is 0. The van der Waals surface area contributed by atoms with Crippen LogP contribution in [0.25, 0.3) is 0 Å². The summed E-state index contributed by atoms with van der Waals surface area (Å²) in [6.07, 6.45) is 2.71. The smallest absolute Gasteiger partial charge is 0.269 e. The Bertz CT molecular complexity index is 379. The molecule has 1 aromatic carbocycles. The quantitative estimate of drug-likeness (QED) is 0.650. The van der Waals surface area contributed by atoms with Gasteiger partial charge >= 0.3 is 0 Å². The summed E-state index contributed by atoms with van der Waals surface area (Å²) < 4.78 is 0. The molecule has 2 unspecified atom stereocenters. The number of nitrogens with zero attached hydrogens (tertiary/aromatic N) is 1. The van der Waals surface area contributed by atoms with E-state index in [4.69, 9.17) is 0 Å². The van der Waals surface area contributed by atoms with Gasteiger partial charge in [0.1, 0.15) is 0 Å². The number of nitro benzene ring substituents is 1. The molecule has 16 heavy (non-hydrogen) atoms. The molecular formula is C11H13NO3S. The van der Waals surface area contributed by atoms with Gasteiger partial charge in [-0.2, -0.15) is 0 Å². The van der Waals surface area contributed by atoms with Crippen LogP contribution in [0, 0.1) is 10.1 Å². The van der Waals surface area contributed by atoms with E-state index in [0.29, 0.717) is 0 Å². The topological polar surface area (TPSA) is 63.4 Å². The number of benzene rings is 1. The Morgan fingerprint density at radius 3 is 2.50 bits per heavy atom. The van der Waals surface area contributed by atoms with Gasteiger partial charge in [0.15, 0.2) is 0 Å². The number of thioether (sulfide) groups is 1. The molecule has 0 aromatic heterocycles. The van der Waals surface area contributed by atoms with E-state index >= 15 is 0 Å². The monoisotopic (exact) mass is 239 g/mol. The second-order valence-corrected chi connectivity index (χ2v) is 5.22. The van der Waals surface area contributed by atoms with Crippen LogP contribution in [0.1, 0.15) is 19.3 Å². The number of rotatable bonds is 3. The zero-order chi connectivity index (χ0) is 11.5. The molecule has 1 fully saturated rings. The summed E-state index contributed by atoms with van der Waals surface area (Å²) in [5.41, 5.74) is 0.108. The number of hydrogen-bond acceptors (Lipinski definition) is 4. The third-order valence-corrected chi connectivity index (χ3v) is 4.15. The maximum absolute atomic E-state index is 10.5. The molecule has 0 heterocycles. The minimum absolute atomic E-state index is 0.108. The second-order valence-electron chi connectivity index (χ2n) is 3.91. The summed E-state index contributed by atoms with van der Waals surface area (Å²) in [5.74, 6) is 0. The van der Waals surface area contributed by atoms with E-state index < -0.39 is 4.92 Å². The molecule has 1 aromatic rings. The first-order valence-electron chi connectivity index (χ1n) is 5.26. The highest BCUT2D eigenvalue weighted by Crippen LogP contribution is 2.35. The van der Waals surface area contributed by atoms with Crippen LogP contribution in [0.15, 0.2) is 29.2 Å². The lowest BCUT2D eigenvalue weighted by molar-refractivity contribution is -0.384. The molecular weight excluding hydrogens is 226 g/mol. The Kier molecular flexibility index (Phi) is 3.46. The van der Waals surface area contributed by atoms with Crippen molar-refractivity contribution in [3.8, 4) is 0 Å². The van der Waals surface area contributed by atoms with E-state index in [9.17, 15) is 15.2 Å². The van der Waals surface area contributed by atoms with Gasteiger partial charge in [-0.3, -0.25) is 10.1 Å². The fraction of sp³-hybridized carbons (Fsp3) is 0.455. The summed E-state index contributed by atoms with van der Waals surface area (Å²) in [5, 5.41) is 20.4. The number of aliphatic hydroxyl groups is 1. The van der Waals surface area contributed by atoms with E-state index in [1.807, 2.05) is 0 Å². The Morgan fingerprint density at radius 2 is 2.00 bits per heavy atom. The molecule has 0 radical (unpaired) electrons. The molecule has 2 rings (SSSR count). The van der Waals surface area contributed by atoms with Crippen LogP contribution in [0.5, 0.6) is 0 Å². The fourth-order valence-electron chi connectivity index (χ4n) is 1.87. The third-order valence-electron chi connectivity index (χ3n) is 2.75. The predicted octanol–water partition coefficient (Wildman–Crippen LogP) is 2.60. The Balaban J connectivity index is 2.02. The maximum atomic E-state index is 10.5. The molecule has 0 aliphatic heterocycles. The largest absolute Gasteiger partial charge is 0.392 e. The van der Waals surface area contributed by atoms with Gasteiger partial charge in [0.25, 0.3) is 5.69 Å². The summed E-state index contributed by atoms with van der Waals surface area (Å²) in [6.45, 7) is 0. The zero-order valence-electron chi connectivity index (χ0n) is 8.70. The second kappa shape index (κ2) is 4.84. The van der Waals surface area contributed by atoms with Crippen LogP contribution < -0.4 is 0 Å². The molecule has 0 saturated heterocycles. The van der Waals surface area contributed by atoms with Gasteiger partial charge in [0.05, 0.1) is 11.0 Å². The van der Waals surface area contributed by atoms with Crippen LogP contribution in [-0.2, 0) is 0 Å². The van der Waals surface area contributed by atoms with Crippen molar-refractivity contribution in [2.45, 2.75) is 35.5 Å². The standard InChI is InChI=1S/C11H13NO3S/c13-10-2-1-3-11(10)16-9-6-4-8(5-7-9)12(14)15/h4-7,10-11,13H,1-3H2. The third kappa shape index (κ3) is 2.54. The van der Waals surface area contributed by atoms with Crippen molar-refractivity contribution >= 4 is 17.4 Å². The molecule has 1 aliphatic rings. The van der Waals surface area contributed by atoms with Crippen LogP contribution in [0.4, 0.5) is 5.69 Å². The van der Waals surface area contributed by atoms with Crippen LogP contribution in [0.3, 0.4) is 0 Å². The van der Waals surface area contributed by atoms with E-state index in [0.717, 1.165) is 24.2 Å². The molecule has 0 bridgehead atoms. The Labute approximate surface area is 97.8 Å². The van der Waals surface area contributed by atoms with Gasteiger partial charge in [-0.15, -0.1) is 11.8 Å². The van der Waals surface area contributed by atoms with Gasteiger partial charge in [-0.1, -0.05) is 0 Å². The fourth-order valence-corrected chi connectivity index (χ4v) is 3.09. The normalized spacial score (nSPS) is 24.6. The first-order valence-corrected chi connectivity index (χ1v) is 6.14. The lowest BCUT2D eigenvalue weighted by Gasteiger charge is -2.13. The zero-order valence-corrected chi connectivity index (χ0v) is 9.52. The van der Waals surface area contributed by atoms with Gasteiger partial charge in [-0.25, -0.2) is 0 Å². The van der Waals surface area contributed by atoms with Gasteiger partial charge in [0.2, 0.25) is 0 Å². The Morgan fingerprint density at radius 1 is 1.31 bits per heavy atom. The number of aliphatic hydroxyl groups excluding tert-OH is 1. The van der Waals surface area contributed by atoms with Crippen LogP contribution >= 0.6 is 11.8 Å². The highest BCUT2D eigenvalue weighted by molar-refractivity contribution is 8.00. The molecule has 0 spiro atoms. The number of hydrogen-bond donors (Lipinski definition) is 1.